The number of aromatic nitrogens is 2. The van der Waals surface area contributed by atoms with E-state index in [1.54, 1.807) is 4.68 Å². The minimum atomic E-state index is 0.101. The van der Waals surface area contributed by atoms with Crippen LogP contribution in [0.4, 0.5) is 0 Å². The lowest BCUT2D eigenvalue weighted by atomic mass is 10.1. The van der Waals surface area contributed by atoms with Gasteiger partial charge in [-0.1, -0.05) is 23.8 Å². The van der Waals surface area contributed by atoms with E-state index in [4.69, 9.17) is 0 Å². The molecule has 1 aromatic carbocycles. The average Bonchev–Trinajstić information content (AvgIpc) is 2.57. The summed E-state index contributed by atoms with van der Waals surface area (Å²) in [6, 6.07) is 7.67. The molecule has 3 nitrogen and oxygen atoms in total. The van der Waals surface area contributed by atoms with Crippen LogP contribution in [-0.2, 0) is 6.54 Å². The van der Waals surface area contributed by atoms with Crippen molar-refractivity contribution in [2.75, 3.05) is 0 Å². The van der Waals surface area contributed by atoms with Crippen molar-refractivity contribution in [1.82, 2.24) is 9.78 Å². The molecule has 2 rings (SSSR count). The fourth-order valence-electron chi connectivity index (χ4n) is 1.99. The first-order chi connectivity index (χ1) is 8.49. The summed E-state index contributed by atoms with van der Waals surface area (Å²) < 4.78 is 1.79. The summed E-state index contributed by atoms with van der Waals surface area (Å²) in [5.74, 6) is 0.101. The third-order valence-corrected chi connectivity index (χ3v) is 3.38. The van der Waals surface area contributed by atoms with Crippen molar-refractivity contribution in [2.45, 2.75) is 34.2 Å². The third-order valence-electron chi connectivity index (χ3n) is 3.38. The molecule has 0 fully saturated rings. The minimum Gasteiger partial charge on any atom is -0.292 e. The SMILES string of the molecule is Cc1cccc(C(=O)Cn2nc(C)c(C)c2C)c1. The van der Waals surface area contributed by atoms with Crippen LogP contribution in [0, 0.1) is 27.7 Å². The molecule has 0 aliphatic heterocycles. The van der Waals surface area contributed by atoms with Gasteiger partial charge in [-0.05, 0) is 39.3 Å². The van der Waals surface area contributed by atoms with Crippen molar-refractivity contribution >= 4 is 5.78 Å². The van der Waals surface area contributed by atoms with E-state index in [-0.39, 0.29) is 5.78 Å². The second-order valence-corrected chi connectivity index (χ2v) is 4.75. The first-order valence-electron chi connectivity index (χ1n) is 6.09. The summed E-state index contributed by atoms with van der Waals surface area (Å²) in [6.07, 6.45) is 0. The van der Waals surface area contributed by atoms with E-state index in [1.807, 2.05) is 52.0 Å². The summed E-state index contributed by atoms with van der Waals surface area (Å²) in [5, 5.41) is 4.39. The third kappa shape index (κ3) is 2.35. The molecule has 1 aromatic heterocycles. The van der Waals surface area contributed by atoms with Crippen LogP contribution in [0.15, 0.2) is 24.3 Å². The number of aryl methyl sites for hydroxylation is 2. The van der Waals surface area contributed by atoms with E-state index in [9.17, 15) is 4.79 Å². The number of Topliss-reactive ketones (excluding diaryl/α,β-unsaturated/α-hetero) is 1. The van der Waals surface area contributed by atoms with Gasteiger partial charge < -0.3 is 0 Å². The zero-order valence-corrected chi connectivity index (χ0v) is 11.3. The number of ketones is 1. The first-order valence-corrected chi connectivity index (χ1v) is 6.09. The van der Waals surface area contributed by atoms with Crippen LogP contribution in [0.2, 0.25) is 0 Å². The molecule has 0 bridgehead atoms. The van der Waals surface area contributed by atoms with Gasteiger partial charge in [-0.2, -0.15) is 5.10 Å². The molecule has 0 atom stereocenters. The van der Waals surface area contributed by atoms with Crippen molar-refractivity contribution in [3.05, 3.63) is 52.3 Å². The predicted molar refractivity (Wildman–Crippen MR) is 71.9 cm³/mol. The zero-order valence-electron chi connectivity index (χ0n) is 11.3. The van der Waals surface area contributed by atoms with Gasteiger partial charge in [-0.15, -0.1) is 0 Å². The Morgan fingerprint density at radius 2 is 1.94 bits per heavy atom. The quantitative estimate of drug-likeness (QED) is 0.775. The average molecular weight is 242 g/mol. The van der Waals surface area contributed by atoms with Crippen molar-refractivity contribution in [3.63, 3.8) is 0 Å². The highest BCUT2D eigenvalue weighted by Gasteiger charge is 2.12. The molecule has 0 unspecified atom stereocenters. The molecule has 18 heavy (non-hydrogen) atoms. The van der Waals surface area contributed by atoms with Gasteiger partial charge in [0.25, 0.3) is 0 Å². The van der Waals surface area contributed by atoms with E-state index >= 15 is 0 Å². The zero-order chi connectivity index (χ0) is 13.3. The van der Waals surface area contributed by atoms with Crippen molar-refractivity contribution in [2.24, 2.45) is 0 Å². The van der Waals surface area contributed by atoms with Gasteiger partial charge in [0.05, 0.1) is 5.69 Å². The number of hydrogen-bond acceptors (Lipinski definition) is 2. The molecule has 94 valence electrons. The predicted octanol–water partition coefficient (Wildman–Crippen LogP) is 3.00. The van der Waals surface area contributed by atoms with Crippen molar-refractivity contribution in [3.8, 4) is 0 Å². The lowest BCUT2D eigenvalue weighted by Crippen LogP contribution is -2.13. The van der Waals surface area contributed by atoms with E-state index < -0.39 is 0 Å². The van der Waals surface area contributed by atoms with Gasteiger partial charge in [-0.25, -0.2) is 0 Å². The Bertz CT molecular complexity index is 597. The van der Waals surface area contributed by atoms with Crippen LogP contribution in [0.3, 0.4) is 0 Å². The molecular formula is C15H18N2O. The topological polar surface area (TPSA) is 34.9 Å². The van der Waals surface area contributed by atoms with Gasteiger partial charge in [0.1, 0.15) is 6.54 Å². The second kappa shape index (κ2) is 4.77. The van der Waals surface area contributed by atoms with Crippen LogP contribution < -0.4 is 0 Å². The van der Waals surface area contributed by atoms with Gasteiger partial charge >= 0.3 is 0 Å². The fraction of sp³-hybridized carbons (Fsp3) is 0.333. The molecule has 0 N–H and O–H groups in total. The second-order valence-electron chi connectivity index (χ2n) is 4.75. The van der Waals surface area contributed by atoms with E-state index in [0.717, 1.165) is 28.1 Å². The standard InChI is InChI=1S/C15H18N2O/c1-10-6-5-7-14(8-10)15(18)9-17-13(4)11(2)12(3)16-17/h5-8H,9H2,1-4H3. The maximum absolute atomic E-state index is 12.2. The number of carbonyl (C=O) groups excluding carboxylic acids is 1. The van der Waals surface area contributed by atoms with Crippen LogP contribution in [0.25, 0.3) is 0 Å². The summed E-state index contributed by atoms with van der Waals surface area (Å²) in [5.41, 5.74) is 5.07. The summed E-state index contributed by atoms with van der Waals surface area (Å²) in [6.45, 7) is 8.30. The van der Waals surface area contributed by atoms with Gasteiger partial charge in [-0.3, -0.25) is 9.48 Å². The molecule has 2 aromatic rings. The largest absolute Gasteiger partial charge is 0.292 e. The molecule has 3 heteroatoms. The molecule has 0 aliphatic carbocycles. The van der Waals surface area contributed by atoms with E-state index in [1.165, 1.54) is 0 Å². The maximum atomic E-state index is 12.2. The normalized spacial score (nSPS) is 10.7. The smallest absolute Gasteiger partial charge is 0.184 e. The van der Waals surface area contributed by atoms with Crippen molar-refractivity contribution < 1.29 is 4.79 Å². The molecule has 0 amide bonds. The fourth-order valence-corrected chi connectivity index (χ4v) is 1.99. The Labute approximate surface area is 107 Å². The van der Waals surface area contributed by atoms with Crippen LogP contribution in [0.5, 0.6) is 0 Å². The van der Waals surface area contributed by atoms with Gasteiger partial charge in [0.15, 0.2) is 5.78 Å². The number of rotatable bonds is 3. The Morgan fingerprint density at radius 3 is 2.50 bits per heavy atom. The molecule has 0 radical (unpaired) electrons. The lowest BCUT2D eigenvalue weighted by Gasteiger charge is -2.05. The van der Waals surface area contributed by atoms with E-state index in [2.05, 4.69) is 5.10 Å². The highest BCUT2D eigenvalue weighted by molar-refractivity contribution is 5.96. The monoisotopic (exact) mass is 242 g/mol. The lowest BCUT2D eigenvalue weighted by molar-refractivity contribution is 0.0966. The molecule has 0 saturated carbocycles. The number of carbonyl (C=O) groups is 1. The Balaban J connectivity index is 2.24. The number of benzene rings is 1. The minimum absolute atomic E-state index is 0.101. The number of nitrogens with zero attached hydrogens (tertiary/aromatic N) is 2. The Morgan fingerprint density at radius 1 is 1.22 bits per heavy atom. The highest BCUT2D eigenvalue weighted by atomic mass is 16.1. The Hall–Kier alpha value is -1.90. The van der Waals surface area contributed by atoms with Crippen LogP contribution >= 0.6 is 0 Å². The molecular weight excluding hydrogens is 224 g/mol. The van der Waals surface area contributed by atoms with Gasteiger partial charge in [0.2, 0.25) is 0 Å². The number of hydrogen-bond donors (Lipinski definition) is 0. The van der Waals surface area contributed by atoms with E-state index in [0.29, 0.717) is 6.54 Å². The van der Waals surface area contributed by atoms with Crippen molar-refractivity contribution in [1.29, 1.82) is 0 Å². The summed E-state index contributed by atoms with van der Waals surface area (Å²) in [4.78, 5) is 12.2. The Kier molecular flexibility index (Phi) is 3.32. The molecule has 0 saturated heterocycles. The highest BCUT2D eigenvalue weighted by Crippen LogP contribution is 2.12. The summed E-state index contributed by atoms with van der Waals surface area (Å²) >= 11 is 0. The van der Waals surface area contributed by atoms with Gasteiger partial charge in [0, 0.05) is 11.3 Å². The molecule has 0 aliphatic rings. The van der Waals surface area contributed by atoms with Crippen LogP contribution in [-0.4, -0.2) is 15.6 Å². The maximum Gasteiger partial charge on any atom is 0.184 e. The first kappa shape index (κ1) is 12.6. The molecule has 1 heterocycles. The van der Waals surface area contributed by atoms with Crippen LogP contribution in [0.1, 0.15) is 32.9 Å². The molecule has 0 spiro atoms. The summed E-state index contributed by atoms with van der Waals surface area (Å²) in [7, 11) is 0.